The number of hydrogen-bond donors (Lipinski definition) is 2. The zero-order valence-corrected chi connectivity index (χ0v) is 19.6. The fraction of sp³-hybridized carbons (Fsp3) is 0.538. The molecule has 0 amide bonds. The van der Waals surface area contributed by atoms with Crippen LogP contribution in [-0.4, -0.2) is 54.1 Å². The van der Waals surface area contributed by atoms with Crippen molar-refractivity contribution in [3.63, 3.8) is 0 Å². The first-order valence-corrected chi connectivity index (χ1v) is 12.2. The number of aromatic nitrogens is 1. The molecule has 2 atom stereocenters. The third kappa shape index (κ3) is 6.22. The van der Waals surface area contributed by atoms with E-state index in [0.717, 1.165) is 57.3 Å². The predicted octanol–water partition coefficient (Wildman–Crippen LogP) is 3.79. The van der Waals surface area contributed by atoms with Crippen LogP contribution in [0.15, 0.2) is 53.7 Å². The van der Waals surface area contributed by atoms with E-state index in [0.29, 0.717) is 18.6 Å². The van der Waals surface area contributed by atoms with Gasteiger partial charge in [0.2, 0.25) is 0 Å². The lowest BCUT2D eigenvalue weighted by Crippen LogP contribution is -2.51. The zero-order valence-electron chi connectivity index (χ0n) is 19.6. The molecule has 6 heteroatoms. The smallest absolute Gasteiger partial charge is 0.191 e. The van der Waals surface area contributed by atoms with Crippen molar-refractivity contribution in [3.8, 4) is 0 Å². The van der Waals surface area contributed by atoms with E-state index >= 15 is 0 Å². The normalized spacial score (nSPS) is 22.2. The summed E-state index contributed by atoms with van der Waals surface area (Å²) in [5, 5.41) is 7.13. The van der Waals surface area contributed by atoms with Crippen molar-refractivity contribution in [2.45, 2.75) is 64.7 Å². The molecule has 0 aliphatic carbocycles. The van der Waals surface area contributed by atoms with Gasteiger partial charge in [0, 0.05) is 51.0 Å². The van der Waals surface area contributed by atoms with Gasteiger partial charge in [0.25, 0.3) is 0 Å². The first-order valence-electron chi connectivity index (χ1n) is 12.2. The zero-order chi connectivity index (χ0) is 22.2. The van der Waals surface area contributed by atoms with Gasteiger partial charge in [-0.3, -0.25) is 4.90 Å². The molecule has 2 fully saturated rings. The lowest BCUT2D eigenvalue weighted by molar-refractivity contribution is 0.134. The number of hydrogen-bond acceptors (Lipinski definition) is 4. The van der Waals surface area contributed by atoms with Gasteiger partial charge in [-0.2, -0.15) is 0 Å². The number of likely N-dealkylation sites (tertiary alicyclic amines) is 1. The molecule has 2 unspecified atom stereocenters. The Labute approximate surface area is 193 Å². The summed E-state index contributed by atoms with van der Waals surface area (Å²) in [5.74, 6) is 2.01. The molecule has 0 radical (unpaired) electrons. The fourth-order valence-electron chi connectivity index (χ4n) is 4.77. The van der Waals surface area contributed by atoms with Gasteiger partial charge in [0.1, 0.15) is 5.82 Å². The number of guanidine groups is 1. The van der Waals surface area contributed by atoms with Gasteiger partial charge in [-0.15, -0.1) is 0 Å². The van der Waals surface area contributed by atoms with Crippen LogP contribution in [0.2, 0.25) is 0 Å². The molecule has 2 N–H and O–H groups in total. The minimum Gasteiger partial charge on any atom is -0.357 e. The minimum absolute atomic E-state index is 0.451. The third-order valence-electron chi connectivity index (χ3n) is 6.59. The van der Waals surface area contributed by atoms with Crippen LogP contribution in [0.4, 0.5) is 5.82 Å². The highest BCUT2D eigenvalue weighted by Gasteiger charge is 2.26. The van der Waals surface area contributed by atoms with Crippen LogP contribution in [-0.2, 0) is 13.1 Å². The Kier molecular flexibility index (Phi) is 7.99. The Morgan fingerprint density at radius 1 is 1.09 bits per heavy atom. The average Bonchev–Trinajstić information content (AvgIpc) is 3.36. The standard InChI is InChI=1S/C26H38N6/c1-3-27-26(29-19-23-11-13-28-25(18-23)31-14-7-8-15-31)30-24-12-16-32(21(2)17-24)20-22-9-5-4-6-10-22/h4-6,9-11,13,18,21,24H,3,7-8,12,14-17,19-20H2,1-2H3,(H2,27,29,30). The van der Waals surface area contributed by atoms with Crippen LogP contribution in [0.5, 0.6) is 0 Å². The molecule has 2 aliphatic rings. The first kappa shape index (κ1) is 22.6. The molecule has 32 heavy (non-hydrogen) atoms. The second-order valence-electron chi connectivity index (χ2n) is 9.08. The highest BCUT2D eigenvalue weighted by atomic mass is 15.2. The van der Waals surface area contributed by atoms with Crippen molar-refractivity contribution in [3.05, 3.63) is 59.8 Å². The SMILES string of the molecule is CCNC(=NCc1ccnc(N2CCCC2)c1)NC1CCN(Cc2ccccc2)C(C)C1. The number of aliphatic imine (C=N–C) groups is 1. The molecular formula is C26H38N6. The molecule has 0 saturated carbocycles. The number of anilines is 1. The Morgan fingerprint density at radius 3 is 2.66 bits per heavy atom. The van der Waals surface area contributed by atoms with Crippen LogP contribution >= 0.6 is 0 Å². The molecule has 1 aromatic heterocycles. The number of nitrogens with zero attached hydrogens (tertiary/aromatic N) is 4. The summed E-state index contributed by atoms with van der Waals surface area (Å²) >= 11 is 0. The van der Waals surface area contributed by atoms with E-state index < -0.39 is 0 Å². The number of nitrogens with one attached hydrogen (secondary N) is 2. The summed E-state index contributed by atoms with van der Waals surface area (Å²) in [4.78, 5) is 14.4. The maximum absolute atomic E-state index is 4.89. The summed E-state index contributed by atoms with van der Waals surface area (Å²) in [5.41, 5.74) is 2.61. The van der Waals surface area contributed by atoms with Crippen molar-refractivity contribution in [1.82, 2.24) is 20.5 Å². The van der Waals surface area contributed by atoms with E-state index in [-0.39, 0.29) is 0 Å². The summed E-state index contributed by atoms with van der Waals surface area (Å²) in [6.45, 7) is 10.4. The Hall–Kier alpha value is -2.60. The first-order chi connectivity index (χ1) is 15.7. The van der Waals surface area contributed by atoms with Crippen LogP contribution in [0.25, 0.3) is 0 Å². The van der Waals surface area contributed by atoms with Gasteiger partial charge in [-0.25, -0.2) is 9.98 Å². The lowest BCUT2D eigenvalue weighted by atomic mass is 9.97. The Balaban J connectivity index is 1.32. The highest BCUT2D eigenvalue weighted by Crippen LogP contribution is 2.21. The summed E-state index contributed by atoms with van der Waals surface area (Å²) in [6.07, 6.45) is 6.72. The number of piperidine rings is 1. The molecule has 4 rings (SSSR count). The van der Waals surface area contributed by atoms with Crippen LogP contribution in [0.1, 0.15) is 50.7 Å². The van der Waals surface area contributed by atoms with E-state index in [1.807, 2.05) is 6.20 Å². The van der Waals surface area contributed by atoms with Gasteiger partial charge in [-0.1, -0.05) is 30.3 Å². The summed E-state index contributed by atoms with van der Waals surface area (Å²) in [6, 6.07) is 16.1. The number of rotatable bonds is 7. The quantitative estimate of drug-likeness (QED) is 0.513. The van der Waals surface area contributed by atoms with Crippen LogP contribution in [0.3, 0.4) is 0 Å². The molecule has 2 aliphatic heterocycles. The van der Waals surface area contributed by atoms with E-state index in [1.54, 1.807) is 0 Å². The Morgan fingerprint density at radius 2 is 1.91 bits per heavy atom. The van der Waals surface area contributed by atoms with E-state index in [1.165, 1.54) is 24.0 Å². The second kappa shape index (κ2) is 11.3. The minimum atomic E-state index is 0.451. The number of pyridine rings is 1. The van der Waals surface area contributed by atoms with E-state index in [2.05, 4.69) is 81.7 Å². The predicted molar refractivity (Wildman–Crippen MR) is 133 cm³/mol. The van der Waals surface area contributed by atoms with Crippen molar-refractivity contribution in [2.75, 3.05) is 31.1 Å². The average molecular weight is 435 g/mol. The van der Waals surface area contributed by atoms with Gasteiger partial charge >= 0.3 is 0 Å². The second-order valence-corrected chi connectivity index (χ2v) is 9.08. The maximum atomic E-state index is 4.89. The van der Waals surface area contributed by atoms with Crippen molar-refractivity contribution < 1.29 is 0 Å². The lowest BCUT2D eigenvalue weighted by Gasteiger charge is -2.38. The summed E-state index contributed by atoms with van der Waals surface area (Å²) in [7, 11) is 0. The third-order valence-corrected chi connectivity index (χ3v) is 6.59. The van der Waals surface area contributed by atoms with Crippen molar-refractivity contribution in [1.29, 1.82) is 0 Å². The molecule has 3 heterocycles. The van der Waals surface area contributed by atoms with Gasteiger partial charge in [0.05, 0.1) is 6.54 Å². The van der Waals surface area contributed by atoms with Crippen LogP contribution in [0, 0.1) is 0 Å². The molecule has 172 valence electrons. The number of benzene rings is 1. The van der Waals surface area contributed by atoms with Gasteiger partial charge < -0.3 is 15.5 Å². The molecule has 2 saturated heterocycles. The highest BCUT2D eigenvalue weighted by molar-refractivity contribution is 5.80. The van der Waals surface area contributed by atoms with E-state index in [4.69, 9.17) is 4.99 Å². The molecule has 6 nitrogen and oxygen atoms in total. The molecular weight excluding hydrogens is 396 g/mol. The summed E-state index contributed by atoms with van der Waals surface area (Å²) < 4.78 is 0. The fourth-order valence-corrected chi connectivity index (χ4v) is 4.77. The van der Waals surface area contributed by atoms with Gasteiger partial charge in [0.15, 0.2) is 5.96 Å². The molecule has 0 bridgehead atoms. The molecule has 2 aromatic rings. The van der Waals surface area contributed by atoms with Crippen molar-refractivity contribution in [2.24, 2.45) is 4.99 Å². The molecule has 0 spiro atoms. The van der Waals surface area contributed by atoms with E-state index in [9.17, 15) is 0 Å². The Bertz CT molecular complexity index is 862. The maximum Gasteiger partial charge on any atom is 0.191 e. The molecule has 1 aromatic carbocycles. The van der Waals surface area contributed by atoms with Crippen LogP contribution < -0.4 is 15.5 Å². The van der Waals surface area contributed by atoms with Gasteiger partial charge in [-0.05, 0) is 62.8 Å². The largest absolute Gasteiger partial charge is 0.357 e. The topological polar surface area (TPSA) is 55.8 Å². The monoisotopic (exact) mass is 434 g/mol. The van der Waals surface area contributed by atoms with Crippen molar-refractivity contribution >= 4 is 11.8 Å².